The van der Waals surface area contributed by atoms with Crippen LogP contribution in [0.4, 0.5) is 11.5 Å². The van der Waals surface area contributed by atoms with Gasteiger partial charge < -0.3 is 10.0 Å². The van der Waals surface area contributed by atoms with Crippen molar-refractivity contribution in [2.45, 2.75) is 0 Å². The van der Waals surface area contributed by atoms with E-state index in [2.05, 4.69) is 4.98 Å². The highest BCUT2D eigenvalue weighted by Crippen LogP contribution is 2.28. The van der Waals surface area contributed by atoms with Gasteiger partial charge in [-0.05, 0) is 18.2 Å². The molecule has 0 bridgehead atoms. The van der Waals surface area contributed by atoms with Crippen molar-refractivity contribution in [2.75, 3.05) is 11.9 Å². The minimum absolute atomic E-state index is 0.0743. The fraction of sp³-hybridized carbons (Fsp3) is 0.0769. The van der Waals surface area contributed by atoms with Gasteiger partial charge in [-0.1, -0.05) is 29.8 Å². The third kappa shape index (κ3) is 2.43. The van der Waals surface area contributed by atoms with E-state index >= 15 is 0 Å². The van der Waals surface area contributed by atoms with Gasteiger partial charge >= 0.3 is 5.97 Å². The van der Waals surface area contributed by atoms with Crippen molar-refractivity contribution in [3.8, 4) is 0 Å². The van der Waals surface area contributed by atoms with E-state index in [1.807, 2.05) is 37.4 Å². The van der Waals surface area contributed by atoms with Crippen molar-refractivity contribution in [3.63, 3.8) is 0 Å². The quantitative estimate of drug-likeness (QED) is 0.923. The molecular formula is C13H11ClN2O2. The first-order valence-corrected chi connectivity index (χ1v) is 5.65. The van der Waals surface area contributed by atoms with E-state index in [0.29, 0.717) is 10.8 Å². The zero-order chi connectivity index (χ0) is 13.1. The first kappa shape index (κ1) is 12.4. The molecule has 0 aliphatic rings. The van der Waals surface area contributed by atoms with Crippen LogP contribution in [0, 0.1) is 0 Å². The molecule has 0 fully saturated rings. The highest BCUT2D eigenvalue weighted by molar-refractivity contribution is 6.33. The smallest absolute Gasteiger partial charge is 0.337 e. The van der Waals surface area contributed by atoms with Gasteiger partial charge in [0.1, 0.15) is 0 Å². The first-order valence-electron chi connectivity index (χ1n) is 5.27. The van der Waals surface area contributed by atoms with E-state index in [-0.39, 0.29) is 5.56 Å². The zero-order valence-electron chi connectivity index (χ0n) is 9.67. The van der Waals surface area contributed by atoms with Gasteiger partial charge in [0.2, 0.25) is 0 Å². The average Bonchev–Trinajstić information content (AvgIpc) is 2.38. The van der Waals surface area contributed by atoms with E-state index in [9.17, 15) is 4.79 Å². The summed E-state index contributed by atoms with van der Waals surface area (Å²) in [7, 11) is 1.82. The lowest BCUT2D eigenvalue weighted by atomic mass is 10.2. The van der Waals surface area contributed by atoms with Crippen LogP contribution in [0.2, 0.25) is 5.02 Å². The lowest BCUT2D eigenvalue weighted by molar-refractivity contribution is 0.0696. The summed E-state index contributed by atoms with van der Waals surface area (Å²) in [5, 5.41) is 9.15. The summed E-state index contributed by atoms with van der Waals surface area (Å²) in [5.74, 6) is -0.522. The third-order valence-corrected chi connectivity index (χ3v) is 2.81. The first-order chi connectivity index (χ1) is 8.59. The normalized spacial score (nSPS) is 10.1. The topological polar surface area (TPSA) is 53.4 Å². The van der Waals surface area contributed by atoms with E-state index in [1.54, 1.807) is 4.90 Å². The van der Waals surface area contributed by atoms with Crippen molar-refractivity contribution in [1.29, 1.82) is 0 Å². The molecule has 1 aromatic carbocycles. The molecule has 0 amide bonds. The standard InChI is InChI=1S/C13H11ClN2O2/c1-16(10-5-3-2-4-6-10)12-11(14)7-9(8-15-12)13(17)18/h2-8H,1H3,(H,17,18). The fourth-order valence-electron chi connectivity index (χ4n) is 1.57. The number of para-hydroxylation sites is 1. The number of hydrogen-bond donors (Lipinski definition) is 1. The fourth-order valence-corrected chi connectivity index (χ4v) is 1.86. The van der Waals surface area contributed by atoms with Crippen molar-refractivity contribution in [3.05, 3.63) is 53.2 Å². The summed E-state index contributed by atoms with van der Waals surface area (Å²) in [6, 6.07) is 11.0. The second-order valence-electron chi connectivity index (χ2n) is 3.73. The summed E-state index contributed by atoms with van der Waals surface area (Å²) < 4.78 is 0. The molecule has 4 nitrogen and oxygen atoms in total. The van der Waals surface area contributed by atoms with Crippen molar-refractivity contribution >= 4 is 29.1 Å². The Bertz CT molecular complexity index is 572. The van der Waals surface area contributed by atoms with E-state index in [0.717, 1.165) is 5.69 Å². The van der Waals surface area contributed by atoms with Crippen LogP contribution in [0.3, 0.4) is 0 Å². The molecule has 92 valence electrons. The van der Waals surface area contributed by atoms with Crippen molar-refractivity contribution in [2.24, 2.45) is 0 Å². The van der Waals surface area contributed by atoms with Crippen molar-refractivity contribution in [1.82, 2.24) is 4.98 Å². The van der Waals surface area contributed by atoms with Gasteiger partial charge in [0.25, 0.3) is 0 Å². The van der Waals surface area contributed by atoms with Crippen LogP contribution in [-0.4, -0.2) is 23.1 Å². The molecule has 18 heavy (non-hydrogen) atoms. The van der Waals surface area contributed by atoms with Crippen molar-refractivity contribution < 1.29 is 9.90 Å². The number of hydrogen-bond acceptors (Lipinski definition) is 3. The summed E-state index contributed by atoms with van der Waals surface area (Å²) in [4.78, 5) is 16.7. The predicted octanol–water partition coefficient (Wildman–Crippen LogP) is 3.20. The van der Waals surface area contributed by atoms with Crippen LogP contribution in [0.25, 0.3) is 0 Å². The van der Waals surface area contributed by atoms with Gasteiger partial charge in [0, 0.05) is 18.9 Å². The number of carbonyl (C=O) groups is 1. The SMILES string of the molecule is CN(c1ccccc1)c1ncc(C(=O)O)cc1Cl. The van der Waals surface area contributed by atoms with Crippen LogP contribution in [0.15, 0.2) is 42.6 Å². The van der Waals surface area contributed by atoms with Gasteiger partial charge in [0.05, 0.1) is 10.6 Å². The number of carboxylic acid groups (broad SMARTS) is 1. The maximum Gasteiger partial charge on any atom is 0.337 e. The molecule has 2 aromatic rings. The third-order valence-electron chi connectivity index (χ3n) is 2.53. The summed E-state index contributed by atoms with van der Waals surface area (Å²) in [6.07, 6.45) is 1.29. The molecule has 2 rings (SSSR count). The van der Waals surface area contributed by atoms with E-state index in [1.165, 1.54) is 12.3 Å². The van der Waals surface area contributed by atoms with E-state index in [4.69, 9.17) is 16.7 Å². The van der Waals surface area contributed by atoms with Crippen LogP contribution < -0.4 is 4.90 Å². The average molecular weight is 263 g/mol. The Morgan fingerprint density at radius 1 is 1.33 bits per heavy atom. The van der Waals surface area contributed by atoms with Crippen LogP contribution in [0.1, 0.15) is 10.4 Å². The van der Waals surface area contributed by atoms with E-state index < -0.39 is 5.97 Å². The highest BCUT2D eigenvalue weighted by atomic mass is 35.5. The van der Waals surface area contributed by atoms with Gasteiger partial charge in [-0.25, -0.2) is 9.78 Å². The van der Waals surface area contributed by atoms with Gasteiger partial charge in [-0.2, -0.15) is 0 Å². The molecule has 1 heterocycles. The number of carboxylic acids is 1. The molecule has 0 aliphatic heterocycles. The summed E-state index contributed by atoms with van der Waals surface area (Å²) in [5.41, 5.74) is 1.00. The Morgan fingerprint density at radius 3 is 2.56 bits per heavy atom. The number of pyridine rings is 1. The second kappa shape index (κ2) is 5.06. The predicted molar refractivity (Wildman–Crippen MR) is 70.7 cm³/mol. The number of benzene rings is 1. The Kier molecular flexibility index (Phi) is 3.48. The summed E-state index contributed by atoms with van der Waals surface area (Å²) in [6.45, 7) is 0. The molecule has 0 saturated carbocycles. The summed E-state index contributed by atoms with van der Waals surface area (Å²) >= 11 is 6.05. The minimum Gasteiger partial charge on any atom is -0.478 e. The number of anilines is 2. The van der Waals surface area contributed by atoms with Crippen LogP contribution >= 0.6 is 11.6 Å². The molecule has 1 N–H and O–H groups in total. The number of nitrogens with zero attached hydrogens (tertiary/aromatic N) is 2. The number of aromatic carboxylic acids is 1. The molecule has 0 atom stereocenters. The molecule has 5 heteroatoms. The minimum atomic E-state index is -1.04. The molecule has 0 aliphatic carbocycles. The monoisotopic (exact) mass is 262 g/mol. The van der Waals surface area contributed by atoms with Gasteiger partial charge in [-0.3, -0.25) is 0 Å². The largest absolute Gasteiger partial charge is 0.478 e. The second-order valence-corrected chi connectivity index (χ2v) is 4.14. The van der Waals surface area contributed by atoms with Gasteiger partial charge in [-0.15, -0.1) is 0 Å². The highest BCUT2D eigenvalue weighted by Gasteiger charge is 2.12. The lowest BCUT2D eigenvalue weighted by Crippen LogP contribution is -2.12. The maximum atomic E-state index is 10.8. The molecule has 0 unspecified atom stereocenters. The Morgan fingerprint density at radius 2 is 2.00 bits per heavy atom. The molecule has 0 radical (unpaired) electrons. The van der Waals surface area contributed by atoms with Gasteiger partial charge in [0.15, 0.2) is 5.82 Å². The molecule has 0 spiro atoms. The number of halogens is 1. The maximum absolute atomic E-state index is 10.8. The number of aromatic nitrogens is 1. The Hall–Kier alpha value is -2.07. The molecule has 1 aromatic heterocycles. The Labute approximate surface area is 109 Å². The zero-order valence-corrected chi connectivity index (χ0v) is 10.4. The molecule has 0 saturated heterocycles. The van der Waals surface area contributed by atoms with Crippen LogP contribution in [0.5, 0.6) is 0 Å². The molecular weight excluding hydrogens is 252 g/mol. The number of rotatable bonds is 3. The Balaban J connectivity index is 2.37. The van der Waals surface area contributed by atoms with Crippen LogP contribution in [-0.2, 0) is 0 Å². The lowest BCUT2D eigenvalue weighted by Gasteiger charge is -2.19.